The Labute approximate surface area is 180 Å². The van der Waals surface area contributed by atoms with Crippen LogP contribution in [-0.2, 0) is 6.18 Å². The number of nitrogens with one attached hydrogen (secondary N) is 1. The first-order valence-electron chi connectivity index (χ1n) is 10.9. The van der Waals surface area contributed by atoms with Gasteiger partial charge in [-0.1, -0.05) is 19.1 Å². The Hall–Kier alpha value is -2.35. The zero-order chi connectivity index (χ0) is 22.2. The first-order valence-corrected chi connectivity index (χ1v) is 10.9. The molecule has 0 saturated carbocycles. The summed E-state index contributed by atoms with van der Waals surface area (Å²) in [5, 5.41) is 3.69. The van der Waals surface area contributed by atoms with Crippen LogP contribution in [0.25, 0.3) is 10.9 Å². The molecule has 1 N–H and O–H groups in total. The van der Waals surface area contributed by atoms with E-state index in [-0.39, 0.29) is 29.4 Å². The molecule has 2 amide bonds. The van der Waals surface area contributed by atoms with Crippen LogP contribution in [0.3, 0.4) is 0 Å². The lowest BCUT2D eigenvalue weighted by molar-refractivity contribution is -0.136. The molecule has 2 atom stereocenters. The largest absolute Gasteiger partial charge is 0.418 e. The van der Waals surface area contributed by atoms with Crippen molar-refractivity contribution in [2.75, 3.05) is 33.2 Å². The van der Waals surface area contributed by atoms with Gasteiger partial charge in [0.2, 0.25) is 0 Å². The lowest BCUT2D eigenvalue weighted by Crippen LogP contribution is -2.52. The van der Waals surface area contributed by atoms with Crippen LogP contribution in [0.4, 0.5) is 18.0 Å². The lowest BCUT2D eigenvalue weighted by atomic mass is 9.83. The second kappa shape index (κ2) is 8.65. The van der Waals surface area contributed by atoms with Crippen LogP contribution in [-0.4, -0.2) is 60.1 Å². The number of hydrogen-bond donors (Lipinski definition) is 1. The van der Waals surface area contributed by atoms with Crippen LogP contribution < -0.4 is 5.32 Å². The normalized spacial score (nSPS) is 23.8. The maximum atomic E-state index is 13.5. The molecule has 2 aromatic rings. The average Bonchev–Trinajstić information content (AvgIpc) is 2.73. The average molecular weight is 435 g/mol. The molecule has 2 saturated heterocycles. The van der Waals surface area contributed by atoms with Crippen molar-refractivity contribution in [3.8, 4) is 0 Å². The van der Waals surface area contributed by atoms with Crippen LogP contribution in [0, 0.1) is 5.92 Å². The van der Waals surface area contributed by atoms with Gasteiger partial charge < -0.3 is 15.1 Å². The molecule has 31 heavy (non-hydrogen) atoms. The molecule has 2 aliphatic heterocycles. The number of urea groups is 1. The van der Waals surface area contributed by atoms with E-state index in [0.717, 1.165) is 44.0 Å². The third-order valence-electron chi connectivity index (χ3n) is 6.54. The molecule has 4 rings (SSSR count). The molecule has 5 nitrogen and oxygen atoms in total. The number of fused-ring (bicyclic) bond motifs is 1. The Balaban J connectivity index is 1.56. The number of alkyl halides is 3. The highest BCUT2D eigenvalue weighted by Crippen LogP contribution is 2.39. The highest BCUT2D eigenvalue weighted by molar-refractivity contribution is 5.86. The van der Waals surface area contributed by atoms with Crippen molar-refractivity contribution < 1.29 is 18.0 Å². The summed E-state index contributed by atoms with van der Waals surface area (Å²) in [5.74, 6) is 0.233. The summed E-state index contributed by atoms with van der Waals surface area (Å²) in [6.07, 6.45) is -0.362. The van der Waals surface area contributed by atoms with Gasteiger partial charge in [-0.15, -0.1) is 0 Å². The zero-order valence-corrected chi connectivity index (χ0v) is 18.0. The van der Waals surface area contributed by atoms with Gasteiger partial charge in [-0.3, -0.25) is 4.98 Å². The molecule has 168 valence electrons. The molecule has 1 aromatic carbocycles. The molecule has 2 fully saturated rings. The van der Waals surface area contributed by atoms with Gasteiger partial charge in [0.25, 0.3) is 0 Å². The van der Waals surface area contributed by atoms with E-state index in [0.29, 0.717) is 18.5 Å². The fourth-order valence-electron chi connectivity index (χ4n) is 4.94. The number of carbonyl (C=O) groups excluding carboxylic acids is 1. The predicted octanol–water partition coefficient (Wildman–Crippen LogP) is 4.48. The van der Waals surface area contributed by atoms with E-state index in [2.05, 4.69) is 29.2 Å². The van der Waals surface area contributed by atoms with E-state index in [9.17, 15) is 18.0 Å². The Morgan fingerprint density at radius 1 is 1.16 bits per heavy atom. The standard InChI is InChI=1S/C23H29F3N4O/c1-15-12-16(14-30(13-15)22(31)28-17-7-10-29(2)11-8-17)18-5-6-20(23(24,25)26)21-19(18)4-3-9-27-21/h3-6,9,15-17H,7-8,10-14H2,1-2H3,(H,28,31)/t15-,16+/m0/s1. The van der Waals surface area contributed by atoms with Crippen molar-refractivity contribution in [3.05, 3.63) is 41.6 Å². The first-order chi connectivity index (χ1) is 14.7. The topological polar surface area (TPSA) is 48.5 Å². The van der Waals surface area contributed by atoms with Crippen LogP contribution in [0.15, 0.2) is 30.5 Å². The van der Waals surface area contributed by atoms with Crippen LogP contribution in [0.1, 0.15) is 43.2 Å². The van der Waals surface area contributed by atoms with E-state index in [1.165, 1.54) is 6.20 Å². The Morgan fingerprint density at radius 3 is 2.61 bits per heavy atom. The SMILES string of the molecule is C[C@H]1C[C@@H](c2ccc(C(F)(F)F)c3ncccc23)CN(C(=O)NC2CCN(C)CC2)C1. The van der Waals surface area contributed by atoms with Crippen molar-refractivity contribution in [1.29, 1.82) is 0 Å². The summed E-state index contributed by atoms with van der Waals surface area (Å²) in [6, 6.07) is 6.18. The Morgan fingerprint density at radius 2 is 1.90 bits per heavy atom. The molecular formula is C23H29F3N4O. The van der Waals surface area contributed by atoms with Gasteiger partial charge in [0, 0.05) is 36.6 Å². The fourth-order valence-corrected chi connectivity index (χ4v) is 4.94. The van der Waals surface area contributed by atoms with Crippen LogP contribution in [0.2, 0.25) is 0 Å². The third-order valence-corrected chi connectivity index (χ3v) is 6.54. The Bertz CT molecular complexity index is 940. The molecule has 0 spiro atoms. The summed E-state index contributed by atoms with van der Waals surface area (Å²) in [7, 11) is 2.08. The molecule has 0 aliphatic carbocycles. The molecule has 0 radical (unpaired) electrons. The minimum Gasteiger partial charge on any atom is -0.335 e. The number of halogens is 3. The molecule has 3 heterocycles. The zero-order valence-electron chi connectivity index (χ0n) is 18.0. The summed E-state index contributed by atoms with van der Waals surface area (Å²) in [4.78, 5) is 21.1. The molecule has 0 unspecified atom stereocenters. The predicted molar refractivity (Wildman–Crippen MR) is 114 cm³/mol. The van der Waals surface area contributed by atoms with Gasteiger partial charge in [-0.05, 0) is 63.0 Å². The highest BCUT2D eigenvalue weighted by atomic mass is 19.4. The fraction of sp³-hybridized carbons (Fsp3) is 0.565. The molecule has 8 heteroatoms. The number of pyridine rings is 1. The maximum absolute atomic E-state index is 13.5. The number of amides is 2. The number of benzene rings is 1. The quantitative estimate of drug-likeness (QED) is 0.758. The maximum Gasteiger partial charge on any atom is 0.418 e. The van der Waals surface area contributed by atoms with E-state index in [1.807, 2.05) is 4.90 Å². The second-order valence-electron chi connectivity index (χ2n) is 9.07. The summed E-state index contributed by atoms with van der Waals surface area (Å²) >= 11 is 0. The van der Waals surface area contributed by atoms with Gasteiger partial charge in [0.15, 0.2) is 0 Å². The molecule has 2 aliphatic rings. The number of rotatable bonds is 2. The number of aromatic nitrogens is 1. The number of piperidine rings is 2. The van der Waals surface area contributed by atoms with Gasteiger partial charge >= 0.3 is 12.2 Å². The third kappa shape index (κ3) is 4.79. The lowest BCUT2D eigenvalue weighted by Gasteiger charge is -2.38. The Kier molecular flexibility index (Phi) is 6.10. The minimum atomic E-state index is -4.45. The van der Waals surface area contributed by atoms with Crippen molar-refractivity contribution >= 4 is 16.9 Å². The number of hydrogen-bond acceptors (Lipinski definition) is 3. The van der Waals surface area contributed by atoms with E-state index in [1.54, 1.807) is 18.2 Å². The number of carbonyl (C=O) groups is 1. The summed E-state index contributed by atoms with van der Waals surface area (Å²) in [5.41, 5.74) is 0.0976. The van der Waals surface area contributed by atoms with E-state index >= 15 is 0 Å². The van der Waals surface area contributed by atoms with Crippen molar-refractivity contribution in [2.24, 2.45) is 5.92 Å². The number of nitrogens with zero attached hydrogens (tertiary/aromatic N) is 3. The van der Waals surface area contributed by atoms with Crippen LogP contribution in [0.5, 0.6) is 0 Å². The first kappa shape index (κ1) is 21.9. The van der Waals surface area contributed by atoms with Crippen LogP contribution >= 0.6 is 0 Å². The van der Waals surface area contributed by atoms with Gasteiger partial charge in [0.05, 0.1) is 11.1 Å². The molecular weight excluding hydrogens is 405 g/mol. The highest BCUT2D eigenvalue weighted by Gasteiger charge is 2.36. The second-order valence-corrected chi connectivity index (χ2v) is 9.07. The van der Waals surface area contributed by atoms with Gasteiger partial charge in [-0.25, -0.2) is 4.79 Å². The van der Waals surface area contributed by atoms with Crippen molar-refractivity contribution in [2.45, 2.75) is 44.3 Å². The van der Waals surface area contributed by atoms with Crippen molar-refractivity contribution in [3.63, 3.8) is 0 Å². The minimum absolute atomic E-state index is 0.0203. The summed E-state index contributed by atoms with van der Waals surface area (Å²) in [6.45, 7) is 5.18. The number of likely N-dealkylation sites (tertiary alicyclic amines) is 2. The van der Waals surface area contributed by atoms with E-state index < -0.39 is 11.7 Å². The molecule has 1 aromatic heterocycles. The molecule has 0 bridgehead atoms. The summed E-state index contributed by atoms with van der Waals surface area (Å²) < 4.78 is 40.4. The van der Waals surface area contributed by atoms with Crippen molar-refractivity contribution in [1.82, 2.24) is 20.1 Å². The monoisotopic (exact) mass is 434 g/mol. The smallest absolute Gasteiger partial charge is 0.335 e. The van der Waals surface area contributed by atoms with E-state index in [4.69, 9.17) is 0 Å². The van der Waals surface area contributed by atoms with Gasteiger partial charge in [-0.2, -0.15) is 13.2 Å². The van der Waals surface area contributed by atoms with Gasteiger partial charge in [0.1, 0.15) is 0 Å².